The Kier molecular flexibility index (Phi) is 4.05. The van der Waals surface area contributed by atoms with Gasteiger partial charge in [-0.05, 0) is 32.0 Å². The average molecular weight is 213 g/mol. The number of ether oxygens (including phenoxy) is 1. The molecular weight excluding hydrogens is 197 g/mol. The Hall–Kier alpha value is -1.13. The minimum absolute atomic E-state index is 0.0285. The lowest BCUT2D eigenvalue weighted by atomic mass is 10.1. The van der Waals surface area contributed by atoms with Gasteiger partial charge in [-0.2, -0.15) is 0 Å². The van der Waals surface area contributed by atoms with Crippen LogP contribution >= 0.6 is 0 Å². The standard InChI is InChI=1S/C11H16FNO2/c1-7(2)15-11-4-3-8(12)5-9(11)10(14)6-13/h3-5,7,10,14H,6,13H2,1-2H3. The Balaban J connectivity index is 3.02. The third-order valence-corrected chi connectivity index (χ3v) is 1.92. The quantitative estimate of drug-likeness (QED) is 0.798. The SMILES string of the molecule is CC(C)Oc1ccc(F)cc1C(O)CN. The van der Waals surface area contributed by atoms with E-state index in [1.54, 1.807) is 0 Å². The van der Waals surface area contributed by atoms with Crippen molar-refractivity contribution in [2.45, 2.75) is 26.1 Å². The van der Waals surface area contributed by atoms with Gasteiger partial charge < -0.3 is 15.6 Å². The lowest BCUT2D eigenvalue weighted by Gasteiger charge is -2.17. The van der Waals surface area contributed by atoms with Crippen LogP contribution < -0.4 is 10.5 Å². The normalized spacial score (nSPS) is 12.9. The van der Waals surface area contributed by atoms with Crippen molar-refractivity contribution < 1.29 is 14.2 Å². The van der Waals surface area contributed by atoms with Crippen molar-refractivity contribution in [1.29, 1.82) is 0 Å². The summed E-state index contributed by atoms with van der Waals surface area (Å²) in [5.41, 5.74) is 5.72. The molecule has 0 amide bonds. The summed E-state index contributed by atoms with van der Waals surface area (Å²) in [4.78, 5) is 0. The van der Waals surface area contributed by atoms with Gasteiger partial charge >= 0.3 is 0 Å². The molecule has 0 aliphatic carbocycles. The van der Waals surface area contributed by atoms with E-state index in [0.717, 1.165) is 0 Å². The van der Waals surface area contributed by atoms with Crippen LogP contribution in [0.2, 0.25) is 0 Å². The lowest BCUT2D eigenvalue weighted by molar-refractivity contribution is 0.172. The van der Waals surface area contributed by atoms with Gasteiger partial charge in [0.1, 0.15) is 11.6 Å². The third kappa shape index (κ3) is 3.18. The van der Waals surface area contributed by atoms with Crippen LogP contribution in [0.3, 0.4) is 0 Å². The zero-order chi connectivity index (χ0) is 11.4. The van der Waals surface area contributed by atoms with Gasteiger partial charge in [0, 0.05) is 12.1 Å². The van der Waals surface area contributed by atoms with E-state index in [9.17, 15) is 9.50 Å². The van der Waals surface area contributed by atoms with Crippen molar-refractivity contribution in [2.24, 2.45) is 5.73 Å². The molecule has 15 heavy (non-hydrogen) atoms. The van der Waals surface area contributed by atoms with Crippen LogP contribution in [0.5, 0.6) is 5.75 Å². The van der Waals surface area contributed by atoms with Gasteiger partial charge in [0.2, 0.25) is 0 Å². The monoisotopic (exact) mass is 213 g/mol. The maximum absolute atomic E-state index is 13.0. The van der Waals surface area contributed by atoms with Crippen molar-refractivity contribution in [3.8, 4) is 5.75 Å². The highest BCUT2D eigenvalue weighted by Gasteiger charge is 2.14. The number of benzene rings is 1. The van der Waals surface area contributed by atoms with E-state index in [1.807, 2.05) is 13.8 Å². The minimum Gasteiger partial charge on any atom is -0.491 e. The Labute approximate surface area is 88.7 Å². The second-order valence-corrected chi connectivity index (χ2v) is 3.60. The topological polar surface area (TPSA) is 55.5 Å². The first-order valence-electron chi connectivity index (χ1n) is 4.88. The van der Waals surface area contributed by atoms with Gasteiger partial charge in [0.25, 0.3) is 0 Å². The van der Waals surface area contributed by atoms with Gasteiger partial charge in [-0.15, -0.1) is 0 Å². The summed E-state index contributed by atoms with van der Waals surface area (Å²) in [6.07, 6.45) is -0.923. The Morgan fingerprint density at radius 1 is 1.47 bits per heavy atom. The second kappa shape index (κ2) is 5.09. The van der Waals surface area contributed by atoms with Gasteiger partial charge in [-0.1, -0.05) is 0 Å². The minimum atomic E-state index is -0.894. The van der Waals surface area contributed by atoms with Crippen molar-refractivity contribution in [3.05, 3.63) is 29.6 Å². The molecule has 0 bridgehead atoms. The summed E-state index contributed by atoms with van der Waals surface area (Å²) >= 11 is 0. The van der Waals surface area contributed by atoms with E-state index >= 15 is 0 Å². The van der Waals surface area contributed by atoms with E-state index in [4.69, 9.17) is 10.5 Å². The summed E-state index contributed by atoms with van der Waals surface area (Å²) < 4.78 is 18.4. The maximum atomic E-state index is 13.0. The fourth-order valence-corrected chi connectivity index (χ4v) is 1.27. The van der Waals surface area contributed by atoms with Crippen LogP contribution in [-0.4, -0.2) is 17.8 Å². The van der Waals surface area contributed by atoms with Crippen LogP contribution in [0.15, 0.2) is 18.2 Å². The summed E-state index contributed by atoms with van der Waals surface area (Å²) in [6, 6.07) is 4.04. The van der Waals surface area contributed by atoms with Gasteiger partial charge in [0.15, 0.2) is 0 Å². The average Bonchev–Trinajstić information content (AvgIpc) is 2.19. The van der Waals surface area contributed by atoms with Crippen LogP contribution in [0.25, 0.3) is 0 Å². The number of nitrogens with two attached hydrogens (primary N) is 1. The van der Waals surface area contributed by atoms with Crippen molar-refractivity contribution in [1.82, 2.24) is 0 Å². The molecule has 0 radical (unpaired) electrons. The highest BCUT2D eigenvalue weighted by molar-refractivity contribution is 5.36. The Morgan fingerprint density at radius 3 is 2.67 bits per heavy atom. The number of hydrogen-bond acceptors (Lipinski definition) is 3. The van der Waals surface area contributed by atoms with E-state index < -0.39 is 11.9 Å². The molecule has 4 heteroatoms. The predicted octanol–water partition coefficient (Wildman–Crippen LogP) is 1.60. The zero-order valence-electron chi connectivity index (χ0n) is 8.90. The molecule has 0 aliphatic heterocycles. The highest BCUT2D eigenvalue weighted by atomic mass is 19.1. The summed E-state index contributed by atoms with van der Waals surface area (Å²) in [6.45, 7) is 3.77. The van der Waals surface area contributed by atoms with E-state index in [1.165, 1.54) is 18.2 Å². The van der Waals surface area contributed by atoms with Crippen LogP contribution in [-0.2, 0) is 0 Å². The first-order chi connectivity index (χ1) is 7.04. The summed E-state index contributed by atoms with van der Waals surface area (Å²) in [5.74, 6) is 0.0676. The van der Waals surface area contributed by atoms with Gasteiger partial charge in [-0.3, -0.25) is 0 Å². The summed E-state index contributed by atoms with van der Waals surface area (Å²) in [7, 11) is 0. The molecule has 1 rings (SSSR count). The second-order valence-electron chi connectivity index (χ2n) is 3.60. The molecule has 0 aromatic heterocycles. The molecule has 0 spiro atoms. The number of hydrogen-bond donors (Lipinski definition) is 2. The third-order valence-electron chi connectivity index (χ3n) is 1.92. The molecular formula is C11H16FNO2. The molecule has 1 unspecified atom stereocenters. The zero-order valence-corrected chi connectivity index (χ0v) is 8.90. The smallest absolute Gasteiger partial charge is 0.125 e. The number of aliphatic hydroxyl groups excluding tert-OH is 1. The largest absolute Gasteiger partial charge is 0.491 e. The first kappa shape index (κ1) is 11.9. The molecule has 0 aliphatic rings. The Morgan fingerprint density at radius 2 is 2.13 bits per heavy atom. The molecule has 0 heterocycles. The van der Waals surface area contributed by atoms with Crippen LogP contribution in [0.4, 0.5) is 4.39 Å². The van der Waals surface area contributed by atoms with Crippen LogP contribution in [0, 0.1) is 5.82 Å². The maximum Gasteiger partial charge on any atom is 0.125 e. The number of halogens is 1. The van der Waals surface area contributed by atoms with Gasteiger partial charge in [0.05, 0.1) is 12.2 Å². The highest BCUT2D eigenvalue weighted by Crippen LogP contribution is 2.26. The predicted molar refractivity (Wildman–Crippen MR) is 56.2 cm³/mol. The van der Waals surface area contributed by atoms with E-state index in [0.29, 0.717) is 11.3 Å². The fraction of sp³-hybridized carbons (Fsp3) is 0.455. The molecule has 0 fully saturated rings. The molecule has 3 nitrogen and oxygen atoms in total. The number of aliphatic hydroxyl groups is 1. The molecule has 0 saturated heterocycles. The summed E-state index contributed by atoms with van der Waals surface area (Å²) in [5, 5.41) is 9.58. The Bertz CT molecular complexity index is 328. The molecule has 1 atom stereocenters. The van der Waals surface area contributed by atoms with Gasteiger partial charge in [-0.25, -0.2) is 4.39 Å². The lowest BCUT2D eigenvalue weighted by Crippen LogP contribution is -2.15. The number of rotatable bonds is 4. The van der Waals surface area contributed by atoms with Crippen molar-refractivity contribution in [2.75, 3.05) is 6.54 Å². The molecule has 1 aromatic rings. The van der Waals surface area contributed by atoms with E-state index in [-0.39, 0.29) is 12.6 Å². The first-order valence-corrected chi connectivity index (χ1v) is 4.88. The van der Waals surface area contributed by atoms with Crippen LogP contribution in [0.1, 0.15) is 25.5 Å². The molecule has 0 saturated carbocycles. The molecule has 1 aromatic carbocycles. The fourth-order valence-electron chi connectivity index (χ4n) is 1.27. The van der Waals surface area contributed by atoms with Crippen molar-refractivity contribution >= 4 is 0 Å². The molecule has 3 N–H and O–H groups in total. The van der Waals surface area contributed by atoms with Crippen molar-refractivity contribution in [3.63, 3.8) is 0 Å². The molecule has 84 valence electrons. The van der Waals surface area contributed by atoms with E-state index in [2.05, 4.69) is 0 Å².